The molecule has 0 unspecified atom stereocenters. The van der Waals surface area contributed by atoms with Crippen molar-refractivity contribution in [3.63, 3.8) is 0 Å². The van der Waals surface area contributed by atoms with Crippen molar-refractivity contribution in [2.75, 3.05) is 20.1 Å². The third-order valence-corrected chi connectivity index (χ3v) is 4.90. The SMILES string of the molecule is CCC1(CC)CCN(Cc2cc(CNC)ccc2F)C1. The highest BCUT2D eigenvalue weighted by atomic mass is 19.1. The summed E-state index contributed by atoms with van der Waals surface area (Å²) < 4.78 is 14.0. The average molecular weight is 278 g/mol. The van der Waals surface area contributed by atoms with Gasteiger partial charge < -0.3 is 5.32 Å². The smallest absolute Gasteiger partial charge is 0.127 e. The maximum atomic E-state index is 14.0. The molecule has 1 fully saturated rings. The van der Waals surface area contributed by atoms with Crippen molar-refractivity contribution < 1.29 is 4.39 Å². The molecule has 0 radical (unpaired) electrons. The second kappa shape index (κ2) is 6.68. The maximum absolute atomic E-state index is 14.0. The van der Waals surface area contributed by atoms with Gasteiger partial charge in [-0.3, -0.25) is 4.90 Å². The Balaban J connectivity index is 2.05. The van der Waals surface area contributed by atoms with E-state index in [0.29, 0.717) is 5.41 Å². The van der Waals surface area contributed by atoms with Crippen LogP contribution in [0, 0.1) is 11.2 Å². The monoisotopic (exact) mass is 278 g/mol. The number of hydrogen-bond donors (Lipinski definition) is 1. The van der Waals surface area contributed by atoms with E-state index in [4.69, 9.17) is 0 Å². The molecule has 0 aliphatic carbocycles. The van der Waals surface area contributed by atoms with E-state index < -0.39 is 0 Å². The van der Waals surface area contributed by atoms with E-state index in [-0.39, 0.29) is 5.82 Å². The van der Waals surface area contributed by atoms with Crippen LogP contribution in [0.1, 0.15) is 44.2 Å². The number of hydrogen-bond acceptors (Lipinski definition) is 2. The Morgan fingerprint density at radius 2 is 2.05 bits per heavy atom. The van der Waals surface area contributed by atoms with Gasteiger partial charge in [-0.25, -0.2) is 4.39 Å². The highest BCUT2D eigenvalue weighted by molar-refractivity contribution is 5.25. The third kappa shape index (κ3) is 3.39. The fraction of sp³-hybridized carbons (Fsp3) is 0.647. The number of nitrogens with zero attached hydrogens (tertiary/aromatic N) is 1. The number of halogens is 1. The lowest BCUT2D eigenvalue weighted by molar-refractivity contribution is 0.234. The molecule has 1 aromatic carbocycles. The molecule has 0 saturated carbocycles. The summed E-state index contributed by atoms with van der Waals surface area (Å²) in [5, 5.41) is 3.12. The van der Waals surface area contributed by atoms with Crippen LogP contribution in [0.3, 0.4) is 0 Å². The van der Waals surface area contributed by atoms with Gasteiger partial charge in [0.1, 0.15) is 5.82 Å². The number of benzene rings is 1. The van der Waals surface area contributed by atoms with E-state index in [1.54, 1.807) is 6.07 Å². The first-order chi connectivity index (χ1) is 9.62. The first-order valence-corrected chi connectivity index (χ1v) is 7.76. The van der Waals surface area contributed by atoms with Gasteiger partial charge in [-0.2, -0.15) is 0 Å². The van der Waals surface area contributed by atoms with Crippen LogP contribution < -0.4 is 5.32 Å². The van der Waals surface area contributed by atoms with E-state index in [9.17, 15) is 4.39 Å². The topological polar surface area (TPSA) is 15.3 Å². The Kier molecular flexibility index (Phi) is 5.17. The second-order valence-corrected chi connectivity index (χ2v) is 6.12. The molecule has 1 aromatic rings. The van der Waals surface area contributed by atoms with Gasteiger partial charge in [0.15, 0.2) is 0 Å². The van der Waals surface area contributed by atoms with Crippen LogP contribution in [-0.4, -0.2) is 25.0 Å². The summed E-state index contributed by atoms with van der Waals surface area (Å²) in [7, 11) is 1.92. The van der Waals surface area contributed by atoms with Crippen LogP contribution in [0.15, 0.2) is 18.2 Å². The van der Waals surface area contributed by atoms with Gasteiger partial charge in [0.05, 0.1) is 0 Å². The van der Waals surface area contributed by atoms with E-state index in [2.05, 4.69) is 24.1 Å². The van der Waals surface area contributed by atoms with Crippen LogP contribution in [-0.2, 0) is 13.1 Å². The zero-order valence-corrected chi connectivity index (χ0v) is 13.0. The summed E-state index contributed by atoms with van der Waals surface area (Å²) in [6, 6.07) is 5.47. The van der Waals surface area contributed by atoms with E-state index in [1.807, 2.05) is 19.2 Å². The molecule has 3 heteroatoms. The zero-order valence-electron chi connectivity index (χ0n) is 13.0. The van der Waals surface area contributed by atoms with Gasteiger partial charge in [-0.1, -0.05) is 26.0 Å². The van der Waals surface area contributed by atoms with Crippen molar-refractivity contribution >= 4 is 0 Å². The van der Waals surface area contributed by atoms with Gasteiger partial charge in [-0.05, 0) is 49.9 Å². The molecule has 1 aliphatic rings. The largest absolute Gasteiger partial charge is 0.316 e. The van der Waals surface area contributed by atoms with E-state index in [0.717, 1.165) is 37.3 Å². The lowest BCUT2D eigenvalue weighted by Crippen LogP contribution is -2.26. The second-order valence-electron chi connectivity index (χ2n) is 6.12. The molecule has 0 spiro atoms. The highest BCUT2D eigenvalue weighted by Gasteiger charge is 2.34. The van der Waals surface area contributed by atoms with Gasteiger partial charge in [0.25, 0.3) is 0 Å². The molecule has 1 heterocycles. The Morgan fingerprint density at radius 1 is 1.30 bits per heavy atom. The molecule has 2 rings (SSSR count). The first-order valence-electron chi connectivity index (χ1n) is 7.76. The van der Waals surface area contributed by atoms with Crippen LogP contribution in [0.25, 0.3) is 0 Å². The lowest BCUT2D eigenvalue weighted by atomic mass is 9.82. The van der Waals surface area contributed by atoms with Crippen molar-refractivity contribution in [1.82, 2.24) is 10.2 Å². The standard InChI is InChI=1S/C17H27FN2/c1-4-17(5-2)8-9-20(13-17)12-15-10-14(11-19-3)6-7-16(15)18/h6-7,10,19H,4-5,8-9,11-13H2,1-3H3. The van der Waals surface area contributed by atoms with Crippen LogP contribution in [0.5, 0.6) is 0 Å². The number of nitrogens with one attached hydrogen (secondary N) is 1. The summed E-state index contributed by atoms with van der Waals surface area (Å²) >= 11 is 0. The molecule has 1 saturated heterocycles. The van der Waals surface area contributed by atoms with Gasteiger partial charge in [0.2, 0.25) is 0 Å². The van der Waals surface area contributed by atoms with Crippen molar-refractivity contribution in [3.8, 4) is 0 Å². The molecule has 0 bridgehead atoms. The van der Waals surface area contributed by atoms with Crippen LogP contribution in [0.4, 0.5) is 4.39 Å². The molecule has 0 amide bonds. The van der Waals surface area contributed by atoms with Crippen LogP contribution in [0.2, 0.25) is 0 Å². The maximum Gasteiger partial charge on any atom is 0.127 e. The molecular formula is C17H27FN2. The Labute approximate surface area is 122 Å². The molecule has 0 aromatic heterocycles. The number of likely N-dealkylation sites (tertiary alicyclic amines) is 1. The molecular weight excluding hydrogens is 251 g/mol. The van der Waals surface area contributed by atoms with E-state index >= 15 is 0 Å². The van der Waals surface area contributed by atoms with Crippen LogP contribution >= 0.6 is 0 Å². The molecule has 1 aliphatic heterocycles. The van der Waals surface area contributed by atoms with Gasteiger partial charge in [-0.15, -0.1) is 0 Å². The first kappa shape index (κ1) is 15.5. The minimum absolute atomic E-state index is 0.0737. The Hall–Kier alpha value is -0.930. The summed E-state index contributed by atoms with van der Waals surface area (Å²) in [4.78, 5) is 2.41. The fourth-order valence-electron chi connectivity index (χ4n) is 3.29. The average Bonchev–Trinajstić information content (AvgIpc) is 2.87. The molecule has 112 valence electrons. The fourth-order valence-corrected chi connectivity index (χ4v) is 3.29. The highest BCUT2D eigenvalue weighted by Crippen LogP contribution is 2.37. The minimum atomic E-state index is -0.0737. The number of rotatable bonds is 6. The van der Waals surface area contributed by atoms with Crippen molar-refractivity contribution in [1.29, 1.82) is 0 Å². The summed E-state index contributed by atoms with van der Waals surface area (Å²) in [5.41, 5.74) is 2.44. The van der Waals surface area contributed by atoms with Crippen molar-refractivity contribution in [2.24, 2.45) is 5.41 Å². The predicted molar refractivity (Wildman–Crippen MR) is 82.1 cm³/mol. The Bertz CT molecular complexity index is 441. The minimum Gasteiger partial charge on any atom is -0.316 e. The summed E-state index contributed by atoms with van der Waals surface area (Å²) in [6.45, 7) is 8.29. The van der Waals surface area contributed by atoms with Gasteiger partial charge >= 0.3 is 0 Å². The summed E-state index contributed by atoms with van der Waals surface area (Å²) in [5.74, 6) is -0.0737. The predicted octanol–water partition coefficient (Wildman–Crippen LogP) is 3.56. The molecule has 0 atom stereocenters. The molecule has 2 nitrogen and oxygen atoms in total. The van der Waals surface area contributed by atoms with Crippen molar-refractivity contribution in [2.45, 2.75) is 46.2 Å². The van der Waals surface area contributed by atoms with E-state index in [1.165, 1.54) is 19.3 Å². The molecule has 1 N–H and O–H groups in total. The normalized spacial score (nSPS) is 18.6. The molecule has 20 heavy (non-hydrogen) atoms. The van der Waals surface area contributed by atoms with Crippen molar-refractivity contribution in [3.05, 3.63) is 35.1 Å². The lowest BCUT2D eigenvalue weighted by Gasteiger charge is -2.26. The van der Waals surface area contributed by atoms with Gasteiger partial charge in [0, 0.05) is 25.2 Å². The Morgan fingerprint density at radius 3 is 2.65 bits per heavy atom. The zero-order chi connectivity index (χ0) is 14.6. The third-order valence-electron chi connectivity index (χ3n) is 4.90. The summed E-state index contributed by atoms with van der Waals surface area (Å²) in [6.07, 6.45) is 3.70. The quantitative estimate of drug-likeness (QED) is 0.856.